The van der Waals surface area contributed by atoms with Crippen LogP contribution in [0.5, 0.6) is 0 Å². The standard InChI is InChI=1S/C12H18N2O4S2/c1-14(11-5-6-19(15,16)9-11)20(17,18)12-4-2-3-10(7-12)8-13/h2-4,7,11H,5-6,8-9,13H2,1H3. The highest BCUT2D eigenvalue weighted by atomic mass is 32.2. The molecule has 1 unspecified atom stereocenters. The number of hydrogen-bond acceptors (Lipinski definition) is 5. The van der Waals surface area contributed by atoms with Gasteiger partial charge in [0, 0.05) is 19.6 Å². The Morgan fingerprint density at radius 1 is 1.40 bits per heavy atom. The van der Waals surface area contributed by atoms with Crippen molar-refractivity contribution in [2.75, 3.05) is 18.6 Å². The second kappa shape index (κ2) is 5.44. The minimum atomic E-state index is -3.69. The zero-order valence-electron chi connectivity index (χ0n) is 11.2. The number of nitrogens with zero attached hydrogens (tertiary/aromatic N) is 1. The number of sulfonamides is 1. The highest BCUT2D eigenvalue weighted by Gasteiger charge is 2.36. The highest BCUT2D eigenvalue weighted by molar-refractivity contribution is 7.92. The molecule has 0 amide bonds. The van der Waals surface area contributed by atoms with Crippen LogP contribution in [-0.2, 0) is 26.4 Å². The van der Waals surface area contributed by atoms with Crippen LogP contribution >= 0.6 is 0 Å². The van der Waals surface area contributed by atoms with Crippen molar-refractivity contribution in [3.8, 4) is 0 Å². The van der Waals surface area contributed by atoms with Gasteiger partial charge in [-0.2, -0.15) is 4.31 Å². The van der Waals surface area contributed by atoms with Gasteiger partial charge in [-0.05, 0) is 24.1 Å². The molecule has 1 heterocycles. The number of benzene rings is 1. The van der Waals surface area contributed by atoms with Crippen LogP contribution in [0.3, 0.4) is 0 Å². The van der Waals surface area contributed by atoms with E-state index < -0.39 is 25.9 Å². The minimum Gasteiger partial charge on any atom is -0.326 e. The Kier molecular flexibility index (Phi) is 4.19. The summed E-state index contributed by atoms with van der Waals surface area (Å²) in [6, 6.07) is 5.91. The summed E-state index contributed by atoms with van der Waals surface area (Å²) >= 11 is 0. The quantitative estimate of drug-likeness (QED) is 0.839. The lowest BCUT2D eigenvalue weighted by Crippen LogP contribution is -2.37. The fourth-order valence-electron chi connectivity index (χ4n) is 2.26. The maximum Gasteiger partial charge on any atom is 0.243 e. The van der Waals surface area contributed by atoms with Crippen molar-refractivity contribution in [3.05, 3.63) is 29.8 Å². The Balaban J connectivity index is 2.30. The lowest BCUT2D eigenvalue weighted by Gasteiger charge is -2.23. The van der Waals surface area contributed by atoms with E-state index in [1.807, 2.05) is 0 Å². The van der Waals surface area contributed by atoms with E-state index in [0.717, 1.165) is 9.87 Å². The van der Waals surface area contributed by atoms with E-state index in [4.69, 9.17) is 5.73 Å². The average Bonchev–Trinajstić information content (AvgIpc) is 2.78. The van der Waals surface area contributed by atoms with E-state index in [0.29, 0.717) is 6.42 Å². The van der Waals surface area contributed by atoms with Crippen LogP contribution in [0.1, 0.15) is 12.0 Å². The van der Waals surface area contributed by atoms with Crippen LogP contribution < -0.4 is 5.73 Å². The predicted molar refractivity (Wildman–Crippen MR) is 76.3 cm³/mol. The molecule has 0 aromatic heterocycles. The monoisotopic (exact) mass is 318 g/mol. The minimum absolute atomic E-state index is 0.0420. The average molecular weight is 318 g/mol. The molecule has 0 radical (unpaired) electrons. The maximum absolute atomic E-state index is 12.5. The third-order valence-corrected chi connectivity index (χ3v) is 7.19. The van der Waals surface area contributed by atoms with Crippen molar-refractivity contribution in [1.82, 2.24) is 4.31 Å². The van der Waals surface area contributed by atoms with Gasteiger partial charge in [-0.1, -0.05) is 12.1 Å². The first-order valence-electron chi connectivity index (χ1n) is 6.24. The Morgan fingerprint density at radius 3 is 2.65 bits per heavy atom. The molecule has 2 rings (SSSR count). The molecule has 1 aromatic rings. The molecule has 1 saturated heterocycles. The molecule has 1 aromatic carbocycles. The van der Waals surface area contributed by atoms with E-state index in [9.17, 15) is 16.8 Å². The van der Waals surface area contributed by atoms with Crippen LogP contribution in [0, 0.1) is 0 Å². The summed E-state index contributed by atoms with van der Waals surface area (Å²) in [6.07, 6.45) is 0.342. The molecule has 0 aliphatic carbocycles. The number of sulfone groups is 1. The Bertz CT molecular complexity index is 698. The summed E-state index contributed by atoms with van der Waals surface area (Å²) in [7, 11) is -5.39. The molecule has 20 heavy (non-hydrogen) atoms. The molecule has 0 spiro atoms. The lowest BCUT2D eigenvalue weighted by molar-refractivity contribution is 0.394. The van der Waals surface area contributed by atoms with Crippen LogP contribution in [0.25, 0.3) is 0 Å². The van der Waals surface area contributed by atoms with Gasteiger partial charge < -0.3 is 5.73 Å². The molecular formula is C12H18N2O4S2. The van der Waals surface area contributed by atoms with Crippen molar-refractivity contribution >= 4 is 19.9 Å². The van der Waals surface area contributed by atoms with E-state index in [2.05, 4.69) is 0 Å². The summed E-state index contributed by atoms with van der Waals surface area (Å²) in [6.45, 7) is 0.255. The van der Waals surface area contributed by atoms with E-state index in [1.54, 1.807) is 12.1 Å². The molecule has 112 valence electrons. The summed E-state index contributed by atoms with van der Waals surface area (Å²) < 4.78 is 49.1. The molecule has 2 N–H and O–H groups in total. The largest absolute Gasteiger partial charge is 0.326 e. The fraction of sp³-hybridized carbons (Fsp3) is 0.500. The number of nitrogens with two attached hydrogens (primary N) is 1. The van der Waals surface area contributed by atoms with Crippen molar-refractivity contribution in [2.45, 2.75) is 23.9 Å². The first kappa shape index (κ1) is 15.4. The zero-order valence-corrected chi connectivity index (χ0v) is 12.8. The molecule has 1 atom stereocenters. The van der Waals surface area contributed by atoms with Crippen molar-refractivity contribution in [2.24, 2.45) is 5.73 Å². The molecule has 0 saturated carbocycles. The van der Waals surface area contributed by atoms with Crippen LogP contribution in [-0.4, -0.2) is 45.7 Å². The SMILES string of the molecule is CN(C1CCS(=O)(=O)C1)S(=O)(=O)c1cccc(CN)c1. The zero-order chi connectivity index (χ0) is 15.0. The normalized spacial score (nSPS) is 22.2. The van der Waals surface area contributed by atoms with E-state index >= 15 is 0 Å². The topological polar surface area (TPSA) is 97.5 Å². The number of hydrogen-bond donors (Lipinski definition) is 1. The van der Waals surface area contributed by atoms with Gasteiger partial charge in [-0.15, -0.1) is 0 Å². The van der Waals surface area contributed by atoms with Crippen molar-refractivity contribution in [1.29, 1.82) is 0 Å². The first-order valence-corrected chi connectivity index (χ1v) is 9.50. The molecule has 1 aliphatic rings. The molecule has 1 aliphatic heterocycles. The van der Waals surface area contributed by atoms with Crippen molar-refractivity contribution in [3.63, 3.8) is 0 Å². The molecule has 6 nitrogen and oxygen atoms in total. The Hall–Kier alpha value is -0.960. The van der Waals surface area contributed by atoms with Gasteiger partial charge >= 0.3 is 0 Å². The second-order valence-electron chi connectivity index (χ2n) is 4.93. The van der Waals surface area contributed by atoms with Gasteiger partial charge in [0.2, 0.25) is 10.0 Å². The molecule has 8 heteroatoms. The number of rotatable bonds is 4. The van der Waals surface area contributed by atoms with Crippen LogP contribution in [0.15, 0.2) is 29.2 Å². The van der Waals surface area contributed by atoms with Gasteiger partial charge in [-0.3, -0.25) is 0 Å². The summed E-state index contributed by atoms with van der Waals surface area (Å²) in [5, 5.41) is 0. The predicted octanol–water partition coefficient (Wildman–Crippen LogP) is -0.0471. The second-order valence-corrected chi connectivity index (χ2v) is 9.16. The van der Waals surface area contributed by atoms with Gasteiger partial charge in [0.1, 0.15) is 0 Å². The van der Waals surface area contributed by atoms with E-state index in [-0.39, 0.29) is 22.9 Å². The van der Waals surface area contributed by atoms with Crippen LogP contribution in [0.2, 0.25) is 0 Å². The summed E-state index contributed by atoms with van der Waals surface area (Å²) in [5.74, 6) is -0.0698. The van der Waals surface area contributed by atoms with Gasteiger partial charge in [0.25, 0.3) is 0 Å². The lowest BCUT2D eigenvalue weighted by atomic mass is 10.2. The van der Waals surface area contributed by atoms with Crippen LogP contribution in [0.4, 0.5) is 0 Å². The smallest absolute Gasteiger partial charge is 0.243 e. The Labute approximate surface area is 119 Å². The van der Waals surface area contributed by atoms with Gasteiger partial charge in [0.05, 0.1) is 16.4 Å². The highest BCUT2D eigenvalue weighted by Crippen LogP contribution is 2.23. The van der Waals surface area contributed by atoms with E-state index in [1.165, 1.54) is 19.2 Å². The third kappa shape index (κ3) is 3.03. The first-order chi connectivity index (χ1) is 9.26. The van der Waals surface area contributed by atoms with Crippen molar-refractivity contribution < 1.29 is 16.8 Å². The molecular weight excluding hydrogens is 300 g/mol. The maximum atomic E-state index is 12.5. The molecule has 0 bridgehead atoms. The fourth-order valence-corrected chi connectivity index (χ4v) is 5.58. The summed E-state index contributed by atoms with van der Waals surface area (Å²) in [5.41, 5.74) is 6.23. The van der Waals surface area contributed by atoms with Gasteiger partial charge in [-0.25, -0.2) is 16.8 Å². The third-order valence-electron chi connectivity index (χ3n) is 3.53. The van der Waals surface area contributed by atoms with Gasteiger partial charge in [0.15, 0.2) is 9.84 Å². The molecule has 1 fully saturated rings. The Morgan fingerprint density at radius 2 is 2.10 bits per heavy atom. The summed E-state index contributed by atoms with van der Waals surface area (Å²) in [4.78, 5) is 0.146.